The fourth-order valence-corrected chi connectivity index (χ4v) is 2.95. The Bertz CT molecular complexity index is 201. The zero-order valence-corrected chi connectivity index (χ0v) is 12.0. The predicted molar refractivity (Wildman–Crippen MR) is 73.2 cm³/mol. The standard InChI is InChI=1S/C15H30FN/c1-4-6-7-8-9-11-15(3,10-5-2)17-12-14(16)13-17/h14H,4-13H2,1-3H3. The molecule has 0 spiro atoms. The number of hydrogen-bond acceptors (Lipinski definition) is 1. The summed E-state index contributed by atoms with van der Waals surface area (Å²) in [6.45, 7) is 8.17. The summed E-state index contributed by atoms with van der Waals surface area (Å²) in [5.41, 5.74) is 0.267. The third-order valence-electron chi connectivity index (χ3n) is 4.21. The summed E-state index contributed by atoms with van der Waals surface area (Å²) < 4.78 is 13.0. The lowest BCUT2D eigenvalue weighted by Gasteiger charge is -2.48. The number of unbranched alkanes of at least 4 members (excludes halogenated alkanes) is 4. The second-order valence-corrected chi connectivity index (χ2v) is 5.91. The number of halogens is 1. The fraction of sp³-hybridized carbons (Fsp3) is 1.00. The van der Waals surface area contributed by atoms with Gasteiger partial charge in [-0.15, -0.1) is 0 Å². The van der Waals surface area contributed by atoms with Crippen molar-refractivity contribution in [3.05, 3.63) is 0 Å². The van der Waals surface area contributed by atoms with E-state index in [1.54, 1.807) is 0 Å². The highest BCUT2D eigenvalue weighted by Gasteiger charge is 2.39. The van der Waals surface area contributed by atoms with Crippen molar-refractivity contribution < 1.29 is 4.39 Å². The van der Waals surface area contributed by atoms with E-state index in [2.05, 4.69) is 25.7 Å². The van der Waals surface area contributed by atoms with Gasteiger partial charge in [-0.2, -0.15) is 0 Å². The lowest BCUT2D eigenvalue weighted by atomic mass is 9.85. The first-order chi connectivity index (χ1) is 8.12. The average Bonchev–Trinajstić information content (AvgIpc) is 2.25. The monoisotopic (exact) mass is 243 g/mol. The second kappa shape index (κ2) is 7.35. The molecule has 0 amide bonds. The van der Waals surface area contributed by atoms with Gasteiger partial charge >= 0.3 is 0 Å². The van der Waals surface area contributed by atoms with Crippen LogP contribution in [0.1, 0.15) is 72.1 Å². The molecule has 0 aliphatic carbocycles. The Morgan fingerprint density at radius 3 is 2.18 bits per heavy atom. The fourth-order valence-electron chi connectivity index (χ4n) is 2.95. The first-order valence-corrected chi connectivity index (χ1v) is 7.51. The molecule has 1 nitrogen and oxygen atoms in total. The third-order valence-corrected chi connectivity index (χ3v) is 4.21. The summed E-state index contributed by atoms with van der Waals surface area (Å²) >= 11 is 0. The SMILES string of the molecule is CCCCCCCC(C)(CCC)N1CC(F)C1. The van der Waals surface area contributed by atoms with Gasteiger partial charge < -0.3 is 0 Å². The van der Waals surface area contributed by atoms with E-state index in [4.69, 9.17) is 0 Å². The van der Waals surface area contributed by atoms with E-state index in [0.29, 0.717) is 13.1 Å². The summed E-state index contributed by atoms with van der Waals surface area (Å²) in [6.07, 6.45) is 9.80. The summed E-state index contributed by atoms with van der Waals surface area (Å²) in [7, 11) is 0. The molecule has 1 aliphatic heterocycles. The Balaban J connectivity index is 2.26. The quantitative estimate of drug-likeness (QED) is 0.537. The molecule has 1 aliphatic rings. The largest absolute Gasteiger partial charge is 0.292 e. The molecule has 0 aromatic carbocycles. The normalized spacial score (nSPS) is 21.2. The van der Waals surface area contributed by atoms with Crippen LogP contribution >= 0.6 is 0 Å². The lowest BCUT2D eigenvalue weighted by Crippen LogP contribution is -2.59. The first-order valence-electron chi connectivity index (χ1n) is 7.51. The van der Waals surface area contributed by atoms with E-state index in [9.17, 15) is 4.39 Å². The third kappa shape index (κ3) is 4.57. The Morgan fingerprint density at radius 2 is 1.65 bits per heavy atom. The minimum absolute atomic E-state index is 0.267. The van der Waals surface area contributed by atoms with Crippen molar-refractivity contribution in [3.63, 3.8) is 0 Å². The van der Waals surface area contributed by atoms with Gasteiger partial charge in [-0.3, -0.25) is 4.90 Å². The van der Waals surface area contributed by atoms with Gasteiger partial charge in [-0.25, -0.2) is 4.39 Å². The van der Waals surface area contributed by atoms with Crippen LogP contribution in [0.2, 0.25) is 0 Å². The van der Waals surface area contributed by atoms with Crippen molar-refractivity contribution in [2.24, 2.45) is 0 Å². The van der Waals surface area contributed by atoms with Crippen molar-refractivity contribution in [1.29, 1.82) is 0 Å². The van der Waals surface area contributed by atoms with Crippen LogP contribution < -0.4 is 0 Å². The van der Waals surface area contributed by atoms with E-state index < -0.39 is 6.17 Å². The Kier molecular flexibility index (Phi) is 6.47. The van der Waals surface area contributed by atoms with Crippen molar-refractivity contribution in [2.45, 2.75) is 83.8 Å². The van der Waals surface area contributed by atoms with Crippen LogP contribution in [0.4, 0.5) is 4.39 Å². The van der Waals surface area contributed by atoms with Crippen LogP contribution in [0.5, 0.6) is 0 Å². The topological polar surface area (TPSA) is 3.24 Å². The van der Waals surface area contributed by atoms with Crippen molar-refractivity contribution in [1.82, 2.24) is 4.90 Å². The van der Waals surface area contributed by atoms with Crippen LogP contribution in [-0.2, 0) is 0 Å². The highest BCUT2D eigenvalue weighted by atomic mass is 19.1. The van der Waals surface area contributed by atoms with Gasteiger partial charge in [0.2, 0.25) is 0 Å². The molecule has 0 N–H and O–H groups in total. The molecule has 17 heavy (non-hydrogen) atoms. The van der Waals surface area contributed by atoms with E-state index >= 15 is 0 Å². The Morgan fingerprint density at radius 1 is 1.00 bits per heavy atom. The molecule has 0 radical (unpaired) electrons. The molecule has 1 saturated heterocycles. The Hall–Kier alpha value is -0.110. The molecule has 1 unspecified atom stereocenters. The summed E-state index contributed by atoms with van der Waals surface area (Å²) in [4.78, 5) is 2.36. The maximum Gasteiger partial charge on any atom is 0.125 e. The number of likely N-dealkylation sites (tertiary alicyclic amines) is 1. The highest BCUT2D eigenvalue weighted by Crippen LogP contribution is 2.32. The summed E-state index contributed by atoms with van der Waals surface area (Å²) in [5, 5.41) is 0. The number of nitrogens with zero attached hydrogens (tertiary/aromatic N) is 1. The van der Waals surface area contributed by atoms with Crippen LogP contribution in [-0.4, -0.2) is 29.7 Å². The molecule has 0 aromatic heterocycles. The average molecular weight is 243 g/mol. The zero-order chi connectivity index (χ0) is 12.7. The van der Waals surface area contributed by atoms with Gasteiger partial charge in [0.05, 0.1) is 0 Å². The van der Waals surface area contributed by atoms with E-state index in [-0.39, 0.29) is 5.54 Å². The van der Waals surface area contributed by atoms with E-state index in [0.717, 1.165) is 0 Å². The maximum absolute atomic E-state index is 13.0. The van der Waals surface area contributed by atoms with Crippen LogP contribution in [0, 0.1) is 0 Å². The first kappa shape index (κ1) is 14.9. The van der Waals surface area contributed by atoms with Gasteiger partial charge in [-0.05, 0) is 19.8 Å². The van der Waals surface area contributed by atoms with Crippen molar-refractivity contribution in [2.75, 3.05) is 13.1 Å². The van der Waals surface area contributed by atoms with Gasteiger partial charge in [0, 0.05) is 18.6 Å². The molecule has 0 aromatic rings. The molecular weight excluding hydrogens is 213 g/mol. The Labute approximate surface area is 107 Å². The molecule has 2 heteroatoms. The van der Waals surface area contributed by atoms with Gasteiger partial charge in [-0.1, -0.05) is 52.4 Å². The molecule has 1 fully saturated rings. The molecule has 1 heterocycles. The van der Waals surface area contributed by atoms with Gasteiger partial charge in [0.1, 0.15) is 6.17 Å². The number of alkyl halides is 1. The molecule has 102 valence electrons. The maximum atomic E-state index is 13.0. The number of rotatable bonds is 9. The van der Waals surface area contributed by atoms with E-state index in [1.807, 2.05) is 0 Å². The zero-order valence-electron chi connectivity index (χ0n) is 12.0. The highest BCUT2D eigenvalue weighted by molar-refractivity contribution is 4.94. The minimum atomic E-state index is -0.564. The van der Waals surface area contributed by atoms with Crippen LogP contribution in [0.25, 0.3) is 0 Å². The van der Waals surface area contributed by atoms with Gasteiger partial charge in [0.15, 0.2) is 0 Å². The lowest BCUT2D eigenvalue weighted by molar-refractivity contribution is -0.0322. The van der Waals surface area contributed by atoms with E-state index in [1.165, 1.54) is 51.4 Å². The second-order valence-electron chi connectivity index (χ2n) is 5.91. The molecule has 1 atom stereocenters. The summed E-state index contributed by atoms with van der Waals surface area (Å²) in [6, 6.07) is 0. The minimum Gasteiger partial charge on any atom is -0.292 e. The van der Waals surface area contributed by atoms with Crippen molar-refractivity contribution >= 4 is 0 Å². The summed E-state index contributed by atoms with van der Waals surface area (Å²) in [5.74, 6) is 0. The smallest absolute Gasteiger partial charge is 0.125 e. The van der Waals surface area contributed by atoms with Crippen LogP contribution in [0.3, 0.4) is 0 Å². The molecule has 0 bridgehead atoms. The number of hydrogen-bond donors (Lipinski definition) is 0. The van der Waals surface area contributed by atoms with Gasteiger partial charge in [0.25, 0.3) is 0 Å². The molecule has 0 saturated carbocycles. The van der Waals surface area contributed by atoms with Crippen molar-refractivity contribution in [3.8, 4) is 0 Å². The molecule has 1 rings (SSSR count). The predicted octanol–water partition coefficient (Wildman–Crippen LogP) is 4.56. The molecular formula is C15H30FN. The van der Waals surface area contributed by atoms with Crippen LogP contribution in [0.15, 0.2) is 0 Å².